The SMILES string of the molecule is O=C1C(=Cc2ccc(Cl)cc2)C=C(c2ccccc2)N1c1cccc(Cl)c1Cl. The minimum atomic E-state index is -0.169. The maximum Gasteiger partial charge on any atom is 0.262 e. The zero-order chi connectivity index (χ0) is 19.7. The van der Waals surface area contributed by atoms with E-state index < -0.39 is 0 Å². The number of carbonyl (C=O) groups is 1. The lowest BCUT2D eigenvalue weighted by molar-refractivity contribution is -0.113. The second-order valence-electron chi connectivity index (χ2n) is 6.26. The van der Waals surface area contributed by atoms with Crippen molar-refractivity contribution in [2.75, 3.05) is 4.90 Å². The summed E-state index contributed by atoms with van der Waals surface area (Å²) in [5, 5.41) is 1.38. The third kappa shape index (κ3) is 3.59. The number of carbonyl (C=O) groups excluding carboxylic acids is 1. The molecule has 1 aliphatic rings. The van der Waals surface area contributed by atoms with E-state index >= 15 is 0 Å². The van der Waals surface area contributed by atoms with Crippen LogP contribution in [-0.4, -0.2) is 5.91 Å². The second-order valence-corrected chi connectivity index (χ2v) is 7.48. The molecule has 0 aromatic heterocycles. The molecule has 0 bridgehead atoms. The molecule has 138 valence electrons. The van der Waals surface area contributed by atoms with Gasteiger partial charge in [-0.15, -0.1) is 0 Å². The number of anilines is 1. The van der Waals surface area contributed by atoms with Gasteiger partial charge in [-0.25, -0.2) is 0 Å². The maximum atomic E-state index is 13.3. The topological polar surface area (TPSA) is 20.3 Å². The summed E-state index contributed by atoms with van der Waals surface area (Å²) in [6.45, 7) is 0. The molecule has 0 N–H and O–H groups in total. The highest BCUT2D eigenvalue weighted by atomic mass is 35.5. The van der Waals surface area contributed by atoms with E-state index in [0.717, 1.165) is 16.8 Å². The Morgan fingerprint density at radius 2 is 1.50 bits per heavy atom. The Labute approximate surface area is 178 Å². The van der Waals surface area contributed by atoms with Crippen LogP contribution in [0.2, 0.25) is 15.1 Å². The Bertz CT molecular complexity index is 1100. The van der Waals surface area contributed by atoms with Gasteiger partial charge in [-0.05, 0) is 47.5 Å². The van der Waals surface area contributed by atoms with Crippen LogP contribution in [0.15, 0.2) is 84.4 Å². The number of rotatable bonds is 3. The monoisotopic (exact) mass is 425 g/mol. The van der Waals surface area contributed by atoms with E-state index in [1.54, 1.807) is 35.2 Å². The summed E-state index contributed by atoms with van der Waals surface area (Å²) in [4.78, 5) is 14.9. The predicted octanol–water partition coefficient (Wildman–Crippen LogP) is 7.12. The lowest BCUT2D eigenvalue weighted by Gasteiger charge is -2.22. The lowest BCUT2D eigenvalue weighted by Crippen LogP contribution is -2.25. The van der Waals surface area contributed by atoms with Gasteiger partial charge in [0.05, 0.1) is 21.4 Å². The zero-order valence-electron chi connectivity index (χ0n) is 14.6. The molecule has 28 heavy (non-hydrogen) atoms. The molecular weight excluding hydrogens is 413 g/mol. The van der Waals surface area contributed by atoms with Crippen molar-refractivity contribution in [2.24, 2.45) is 0 Å². The van der Waals surface area contributed by atoms with E-state index in [1.165, 1.54) is 0 Å². The fourth-order valence-electron chi connectivity index (χ4n) is 3.08. The summed E-state index contributed by atoms with van der Waals surface area (Å²) in [5.41, 5.74) is 3.64. The van der Waals surface area contributed by atoms with Gasteiger partial charge in [0.2, 0.25) is 0 Å². The first kappa shape index (κ1) is 18.8. The van der Waals surface area contributed by atoms with Crippen LogP contribution in [-0.2, 0) is 4.79 Å². The molecule has 0 atom stereocenters. The number of hydrogen-bond acceptors (Lipinski definition) is 1. The number of halogens is 3. The Morgan fingerprint density at radius 3 is 2.21 bits per heavy atom. The Morgan fingerprint density at radius 1 is 0.786 bits per heavy atom. The number of benzene rings is 3. The largest absolute Gasteiger partial charge is 0.275 e. The summed E-state index contributed by atoms with van der Waals surface area (Å²) >= 11 is 18.6. The van der Waals surface area contributed by atoms with E-state index in [9.17, 15) is 4.79 Å². The predicted molar refractivity (Wildman–Crippen MR) is 118 cm³/mol. The summed E-state index contributed by atoms with van der Waals surface area (Å²) in [6.07, 6.45) is 3.70. The van der Waals surface area contributed by atoms with Gasteiger partial charge in [0.1, 0.15) is 0 Å². The van der Waals surface area contributed by atoms with Gasteiger partial charge < -0.3 is 0 Å². The summed E-state index contributed by atoms with van der Waals surface area (Å²) in [5.74, 6) is -0.169. The molecule has 0 spiro atoms. The molecular formula is C23H14Cl3NO. The van der Waals surface area contributed by atoms with Crippen LogP contribution in [0.1, 0.15) is 11.1 Å². The smallest absolute Gasteiger partial charge is 0.262 e. The standard InChI is InChI=1S/C23H14Cl3NO/c24-18-11-9-15(10-12-18)13-17-14-21(16-5-2-1-3-6-16)27(23(17)28)20-8-4-7-19(25)22(20)26/h1-14H. The van der Waals surface area contributed by atoms with Gasteiger partial charge >= 0.3 is 0 Å². The highest BCUT2D eigenvalue weighted by Crippen LogP contribution is 2.41. The molecule has 4 rings (SSSR count). The molecule has 1 amide bonds. The average Bonchev–Trinajstić information content (AvgIpc) is 3.03. The Kier molecular flexibility index (Phi) is 5.27. The van der Waals surface area contributed by atoms with Crippen molar-refractivity contribution < 1.29 is 4.79 Å². The molecule has 1 heterocycles. The van der Waals surface area contributed by atoms with Crippen molar-refractivity contribution in [3.63, 3.8) is 0 Å². The van der Waals surface area contributed by atoms with E-state index in [0.29, 0.717) is 26.3 Å². The van der Waals surface area contributed by atoms with Crippen LogP contribution < -0.4 is 4.90 Å². The van der Waals surface area contributed by atoms with Crippen molar-refractivity contribution in [3.8, 4) is 0 Å². The average molecular weight is 427 g/mol. The van der Waals surface area contributed by atoms with Crippen LogP contribution in [0, 0.1) is 0 Å². The molecule has 0 saturated heterocycles. The Hall–Kier alpha value is -2.52. The summed E-state index contributed by atoms with van der Waals surface area (Å²) < 4.78 is 0. The fraction of sp³-hybridized carbons (Fsp3) is 0. The molecule has 3 aromatic rings. The van der Waals surface area contributed by atoms with Crippen molar-refractivity contribution in [2.45, 2.75) is 0 Å². The van der Waals surface area contributed by atoms with Crippen molar-refractivity contribution in [3.05, 3.63) is 111 Å². The third-order valence-corrected chi connectivity index (χ3v) is 5.48. The van der Waals surface area contributed by atoms with Crippen LogP contribution >= 0.6 is 34.8 Å². The highest BCUT2D eigenvalue weighted by Gasteiger charge is 2.32. The van der Waals surface area contributed by atoms with Gasteiger partial charge in [-0.3, -0.25) is 9.69 Å². The van der Waals surface area contributed by atoms with E-state index in [2.05, 4.69) is 0 Å². The highest BCUT2D eigenvalue weighted by molar-refractivity contribution is 6.44. The molecule has 0 fully saturated rings. The van der Waals surface area contributed by atoms with E-state index in [1.807, 2.05) is 54.6 Å². The van der Waals surface area contributed by atoms with Crippen LogP contribution in [0.25, 0.3) is 11.8 Å². The minimum absolute atomic E-state index is 0.169. The first-order chi connectivity index (χ1) is 13.5. The van der Waals surface area contributed by atoms with E-state index in [-0.39, 0.29) is 5.91 Å². The van der Waals surface area contributed by atoms with E-state index in [4.69, 9.17) is 34.8 Å². The van der Waals surface area contributed by atoms with Crippen LogP contribution in [0.3, 0.4) is 0 Å². The molecule has 1 aliphatic heterocycles. The zero-order valence-corrected chi connectivity index (χ0v) is 16.8. The number of amides is 1. The van der Waals surface area contributed by atoms with Crippen LogP contribution in [0.4, 0.5) is 5.69 Å². The van der Waals surface area contributed by atoms with Gasteiger partial charge in [-0.2, -0.15) is 0 Å². The van der Waals surface area contributed by atoms with Gasteiger partial charge in [0.25, 0.3) is 5.91 Å². The van der Waals surface area contributed by atoms with Crippen molar-refractivity contribution >= 4 is 58.2 Å². The molecule has 0 radical (unpaired) electrons. The Balaban J connectivity index is 1.85. The quantitative estimate of drug-likeness (QED) is 0.408. The normalized spacial score (nSPS) is 15.2. The fourth-order valence-corrected chi connectivity index (χ4v) is 3.59. The first-order valence-corrected chi connectivity index (χ1v) is 9.71. The second kappa shape index (κ2) is 7.84. The minimum Gasteiger partial charge on any atom is -0.275 e. The van der Waals surface area contributed by atoms with Crippen molar-refractivity contribution in [1.29, 1.82) is 0 Å². The summed E-state index contributed by atoms with van der Waals surface area (Å²) in [6, 6.07) is 22.3. The number of nitrogens with zero attached hydrogens (tertiary/aromatic N) is 1. The molecule has 5 heteroatoms. The molecule has 0 unspecified atom stereocenters. The van der Waals surface area contributed by atoms with Crippen LogP contribution in [0.5, 0.6) is 0 Å². The first-order valence-electron chi connectivity index (χ1n) is 8.57. The molecule has 2 nitrogen and oxygen atoms in total. The van der Waals surface area contributed by atoms with Gasteiger partial charge in [0.15, 0.2) is 0 Å². The lowest BCUT2D eigenvalue weighted by atomic mass is 10.1. The number of hydrogen-bond donors (Lipinski definition) is 0. The van der Waals surface area contributed by atoms with Gasteiger partial charge in [0, 0.05) is 10.6 Å². The molecule has 3 aromatic carbocycles. The molecule has 0 saturated carbocycles. The third-order valence-electron chi connectivity index (χ3n) is 4.42. The molecule has 0 aliphatic carbocycles. The summed E-state index contributed by atoms with van der Waals surface area (Å²) in [7, 11) is 0. The van der Waals surface area contributed by atoms with Gasteiger partial charge in [-0.1, -0.05) is 83.3 Å². The maximum absolute atomic E-state index is 13.3. The van der Waals surface area contributed by atoms with Crippen molar-refractivity contribution in [1.82, 2.24) is 0 Å².